The van der Waals surface area contributed by atoms with Crippen molar-refractivity contribution in [3.8, 4) is 0 Å². The standard InChI is InChI=1S/C26H28ClN3O2/c1-2-3-4-7-14-29-16-23(31)30-22(26(29)32)15-20-19-8-5-6-9-21(19)28-24(20)25(30)17-10-12-18(27)13-11-17/h5-6,8-13,22,25,28H,2-4,7,14-16H2,1H3/t22-,25+/m0/s1. The average molecular weight is 450 g/mol. The Balaban J connectivity index is 1.56. The summed E-state index contributed by atoms with van der Waals surface area (Å²) in [4.78, 5) is 34.2. The molecule has 5 nitrogen and oxygen atoms in total. The molecule has 6 heteroatoms. The smallest absolute Gasteiger partial charge is 0.246 e. The highest BCUT2D eigenvalue weighted by Gasteiger charge is 2.47. The third-order valence-electron chi connectivity index (χ3n) is 6.81. The zero-order valence-electron chi connectivity index (χ0n) is 18.3. The van der Waals surface area contributed by atoms with Crippen molar-refractivity contribution < 1.29 is 9.59 Å². The fraction of sp³-hybridized carbons (Fsp3) is 0.385. The minimum absolute atomic E-state index is 0.00866. The number of fused-ring (bicyclic) bond motifs is 4. The van der Waals surface area contributed by atoms with Crippen LogP contribution in [0.25, 0.3) is 10.9 Å². The maximum absolute atomic E-state index is 13.6. The number of halogens is 1. The van der Waals surface area contributed by atoms with Gasteiger partial charge in [0.25, 0.3) is 0 Å². The van der Waals surface area contributed by atoms with Gasteiger partial charge in [0, 0.05) is 34.6 Å². The van der Waals surface area contributed by atoms with E-state index in [2.05, 4.69) is 24.0 Å². The number of H-pyrrole nitrogens is 1. The van der Waals surface area contributed by atoms with E-state index in [1.54, 1.807) is 4.90 Å². The topological polar surface area (TPSA) is 56.4 Å². The predicted octanol–water partition coefficient (Wildman–Crippen LogP) is 5.09. The lowest BCUT2D eigenvalue weighted by molar-refractivity contribution is -0.158. The van der Waals surface area contributed by atoms with Gasteiger partial charge in [-0.25, -0.2) is 0 Å². The van der Waals surface area contributed by atoms with E-state index in [4.69, 9.17) is 11.6 Å². The van der Waals surface area contributed by atoms with Crippen molar-refractivity contribution in [2.24, 2.45) is 0 Å². The first-order chi connectivity index (χ1) is 15.6. The van der Waals surface area contributed by atoms with Crippen molar-refractivity contribution in [1.82, 2.24) is 14.8 Å². The molecule has 0 radical (unpaired) electrons. The number of carbonyl (C=O) groups excluding carboxylic acids is 2. The van der Waals surface area contributed by atoms with E-state index in [-0.39, 0.29) is 24.4 Å². The minimum atomic E-state index is -0.477. The van der Waals surface area contributed by atoms with E-state index in [1.807, 2.05) is 41.3 Å². The summed E-state index contributed by atoms with van der Waals surface area (Å²) >= 11 is 6.15. The molecule has 0 aliphatic carbocycles. The summed E-state index contributed by atoms with van der Waals surface area (Å²) in [5.41, 5.74) is 4.13. The minimum Gasteiger partial charge on any atom is -0.356 e. The zero-order chi connectivity index (χ0) is 22.2. The monoisotopic (exact) mass is 449 g/mol. The Bertz CT molecular complexity index is 1150. The summed E-state index contributed by atoms with van der Waals surface area (Å²) in [7, 11) is 0. The van der Waals surface area contributed by atoms with Gasteiger partial charge in [0.2, 0.25) is 11.8 Å². The summed E-state index contributed by atoms with van der Waals surface area (Å²) < 4.78 is 0. The molecular weight excluding hydrogens is 422 g/mol. The lowest BCUT2D eigenvalue weighted by Gasteiger charge is -2.47. The number of unbranched alkanes of at least 4 members (excludes halogenated alkanes) is 3. The van der Waals surface area contributed by atoms with Crippen LogP contribution >= 0.6 is 11.6 Å². The number of carbonyl (C=O) groups is 2. The molecule has 1 aromatic heterocycles. The van der Waals surface area contributed by atoms with E-state index >= 15 is 0 Å². The number of nitrogens with zero attached hydrogens (tertiary/aromatic N) is 2. The quantitative estimate of drug-likeness (QED) is 0.533. The highest BCUT2D eigenvalue weighted by molar-refractivity contribution is 6.30. The Morgan fingerprint density at radius 2 is 1.81 bits per heavy atom. The maximum atomic E-state index is 13.6. The third kappa shape index (κ3) is 3.58. The van der Waals surface area contributed by atoms with Crippen LogP contribution in [0.5, 0.6) is 0 Å². The third-order valence-corrected chi connectivity index (χ3v) is 7.06. The number of hydrogen-bond acceptors (Lipinski definition) is 2. The molecule has 3 heterocycles. The summed E-state index contributed by atoms with van der Waals surface area (Å²) in [6.07, 6.45) is 4.87. The Morgan fingerprint density at radius 3 is 2.59 bits per heavy atom. The molecule has 0 unspecified atom stereocenters. The molecule has 2 aliphatic heterocycles. The molecule has 2 aliphatic rings. The SMILES string of the molecule is CCCCCCN1CC(=O)N2[C@H](c3ccc(Cl)cc3)c3[nH]c4ccccc4c3C[C@H]2C1=O. The molecule has 0 bridgehead atoms. The van der Waals surface area contributed by atoms with Crippen LogP contribution in [0.1, 0.15) is 55.5 Å². The van der Waals surface area contributed by atoms with Crippen molar-refractivity contribution in [3.05, 3.63) is 70.4 Å². The molecule has 32 heavy (non-hydrogen) atoms. The molecule has 3 aromatic rings. The van der Waals surface area contributed by atoms with Gasteiger partial charge in [-0.1, -0.05) is 68.1 Å². The van der Waals surface area contributed by atoms with Crippen LogP contribution in [0, 0.1) is 0 Å². The van der Waals surface area contributed by atoms with Crippen LogP contribution in [-0.2, 0) is 16.0 Å². The number of rotatable bonds is 6. The van der Waals surface area contributed by atoms with Gasteiger partial charge >= 0.3 is 0 Å². The van der Waals surface area contributed by atoms with Gasteiger partial charge in [0.1, 0.15) is 6.04 Å². The van der Waals surface area contributed by atoms with Gasteiger partial charge in [-0.3, -0.25) is 9.59 Å². The Labute approximate surface area is 193 Å². The number of amides is 2. The molecular formula is C26H28ClN3O2. The van der Waals surface area contributed by atoms with Crippen LogP contribution in [0.4, 0.5) is 0 Å². The van der Waals surface area contributed by atoms with Crippen LogP contribution in [0.3, 0.4) is 0 Å². The van der Waals surface area contributed by atoms with Gasteiger partial charge in [0.15, 0.2) is 0 Å². The second kappa shape index (κ2) is 8.62. The van der Waals surface area contributed by atoms with Crippen molar-refractivity contribution in [2.75, 3.05) is 13.1 Å². The van der Waals surface area contributed by atoms with Crippen LogP contribution in [0.2, 0.25) is 5.02 Å². The number of piperazine rings is 1. The van der Waals surface area contributed by atoms with E-state index in [9.17, 15) is 9.59 Å². The van der Waals surface area contributed by atoms with E-state index in [0.717, 1.165) is 53.4 Å². The maximum Gasteiger partial charge on any atom is 0.246 e. The van der Waals surface area contributed by atoms with Crippen LogP contribution < -0.4 is 0 Å². The molecule has 0 saturated carbocycles. The molecule has 1 N–H and O–H groups in total. The molecule has 1 fully saturated rings. The van der Waals surface area contributed by atoms with Gasteiger partial charge in [0.05, 0.1) is 12.6 Å². The lowest BCUT2D eigenvalue weighted by Crippen LogP contribution is -2.63. The summed E-state index contributed by atoms with van der Waals surface area (Å²) in [6.45, 7) is 2.98. The fourth-order valence-corrected chi connectivity index (χ4v) is 5.36. The first-order valence-corrected chi connectivity index (χ1v) is 11.9. The van der Waals surface area contributed by atoms with E-state index in [0.29, 0.717) is 18.0 Å². The van der Waals surface area contributed by atoms with Crippen molar-refractivity contribution in [2.45, 2.75) is 51.1 Å². The summed E-state index contributed by atoms with van der Waals surface area (Å²) in [5, 5.41) is 1.78. The number of aromatic amines is 1. The largest absolute Gasteiger partial charge is 0.356 e. The lowest BCUT2D eigenvalue weighted by atomic mass is 9.86. The van der Waals surface area contributed by atoms with Crippen molar-refractivity contribution >= 4 is 34.3 Å². The Hall–Kier alpha value is -2.79. The predicted molar refractivity (Wildman–Crippen MR) is 127 cm³/mol. The van der Waals surface area contributed by atoms with Gasteiger partial charge in [-0.05, 0) is 35.7 Å². The number of benzene rings is 2. The van der Waals surface area contributed by atoms with Crippen LogP contribution in [0.15, 0.2) is 48.5 Å². The first kappa shape index (κ1) is 21.1. The van der Waals surface area contributed by atoms with Crippen molar-refractivity contribution in [3.63, 3.8) is 0 Å². The summed E-state index contributed by atoms with van der Waals surface area (Å²) in [5.74, 6) is 0.0744. The normalized spacial score (nSPS) is 20.6. The number of nitrogens with one attached hydrogen (secondary N) is 1. The molecule has 2 aromatic carbocycles. The van der Waals surface area contributed by atoms with Gasteiger partial charge in [-0.15, -0.1) is 0 Å². The first-order valence-electron chi connectivity index (χ1n) is 11.5. The van der Waals surface area contributed by atoms with Gasteiger partial charge < -0.3 is 14.8 Å². The molecule has 2 atom stereocenters. The molecule has 1 saturated heterocycles. The number of para-hydroxylation sites is 1. The highest BCUT2D eigenvalue weighted by atomic mass is 35.5. The summed E-state index contributed by atoms with van der Waals surface area (Å²) in [6, 6.07) is 15.0. The number of hydrogen-bond donors (Lipinski definition) is 1. The van der Waals surface area contributed by atoms with E-state index in [1.165, 1.54) is 0 Å². The van der Waals surface area contributed by atoms with E-state index < -0.39 is 6.04 Å². The molecule has 166 valence electrons. The van der Waals surface area contributed by atoms with Gasteiger partial charge in [-0.2, -0.15) is 0 Å². The average Bonchev–Trinajstić information content (AvgIpc) is 3.17. The zero-order valence-corrected chi connectivity index (χ0v) is 19.1. The molecule has 0 spiro atoms. The Kier molecular flexibility index (Phi) is 5.68. The highest BCUT2D eigenvalue weighted by Crippen LogP contribution is 2.42. The fourth-order valence-electron chi connectivity index (χ4n) is 5.23. The number of aromatic nitrogens is 1. The molecule has 2 amide bonds. The molecule has 5 rings (SSSR count). The second-order valence-electron chi connectivity index (χ2n) is 8.86. The van der Waals surface area contributed by atoms with Crippen LogP contribution in [-0.4, -0.2) is 45.7 Å². The van der Waals surface area contributed by atoms with Crippen molar-refractivity contribution in [1.29, 1.82) is 0 Å². The second-order valence-corrected chi connectivity index (χ2v) is 9.29. The Morgan fingerprint density at radius 1 is 1.03 bits per heavy atom.